The Morgan fingerprint density at radius 2 is 1.78 bits per heavy atom. The van der Waals surface area contributed by atoms with E-state index in [-0.39, 0.29) is 12.0 Å². The molecule has 98 valence electrons. The van der Waals surface area contributed by atoms with Gasteiger partial charge in [0.25, 0.3) is 5.91 Å². The summed E-state index contributed by atoms with van der Waals surface area (Å²) < 4.78 is 5.22. The van der Waals surface area contributed by atoms with Gasteiger partial charge in [-0.3, -0.25) is 10.1 Å². The van der Waals surface area contributed by atoms with Crippen molar-refractivity contribution in [1.82, 2.24) is 5.32 Å². The first kappa shape index (κ1) is 14.0. The number of rotatable bonds is 3. The average molecular weight is 250 g/mol. The van der Waals surface area contributed by atoms with E-state index in [2.05, 4.69) is 20.8 Å². The number of carbonyl (C=O) groups is 2. The molecule has 0 heterocycles. The number of nitrogens with one attached hydrogen (secondary N) is 1. The molecule has 0 fully saturated rings. The van der Waals surface area contributed by atoms with Gasteiger partial charge in [0.15, 0.2) is 6.61 Å². The highest BCUT2D eigenvalue weighted by molar-refractivity contribution is 5.94. The standard InChI is InChI=1S/C13H18N2O3/c1-13(2,3)9-4-6-10(7-5-9)18-8-11(16)15-12(14)17/h4-7H,8H2,1-3H3,(H3,14,15,16,17). The molecule has 3 amide bonds. The summed E-state index contributed by atoms with van der Waals surface area (Å²) in [6, 6.07) is 6.59. The molecule has 5 heteroatoms. The summed E-state index contributed by atoms with van der Waals surface area (Å²) in [5.74, 6) is 0.00465. The Balaban J connectivity index is 2.54. The van der Waals surface area contributed by atoms with Crippen LogP contribution >= 0.6 is 0 Å². The maximum Gasteiger partial charge on any atom is 0.318 e. The lowest BCUT2D eigenvalue weighted by atomic mass is 9.87. The molecule has 0 saturated carbocycles. The monoisotopic (exact) mass is 250 g/mol. The van der Waals surface area contributed by atoms with Crippen molar-refractivity contribution < 1.29 is 14.3 Å². The van der Waals surface area contributed by atoms with Crippen molar-refractivity contribution in [2.24, 2.45) is 5.73 Å². The topological polar surface area (TPSA) is 81.4 Å². The first-order valence-electron chi connectivity index (χ1n) is 5.61. The van der Waals surface area contributed by atoms with Gasteiger partial charge in [-0.1, -0.05) is 32.9 Å². The Morgan fingerprint density at radius 1 is 1.22 bits per heavy atom. The number of hydrogen-bond donors (Lipinski definition) is 2. The first-order chi connectivity index (χ1) is 8.29. The Kier molecular flexibility index (Phi) is 4.31. The van der Waals surface area contributed by atoms with Gasteiger partial charge in [-0.25, -0.2) is 4.79 Å². The Morgan fingerprint density at radius 3 is 2.22 bits per heavy atom. The van der Waals surface area contributed by atoms with E-state index >= 15 is 0 Å². The third kappa shape index (κ3) is 4.45. The molecule has 0 spiro atoms. The summed E-state index contributed by atoms with van der Waals surface area (Å²) in [4.78, 5) is 21.5. The van der Waals surface area contributed by atoms with Gasteiger partial charge in [-0.05, 0) is 23.1 Å². The van der Waals surface area contributed by atoms with Gasteiger partial charge in [0, 0.05) is 0 Å². The number of urea groups is 1. The quantitative estimate of drug-likeness (QED) is 0.854. The van der Waals surface area contributed by atoms with E-state index in [4.69, 9.17) is 10.5 Å². The molecule has 1 aromatic rings. The van der Waals surface area contributed by atoms with Crippen molar-refractivity contribution >= 4 is 11.9 Å². The average Bonchev–Trinajstić information content (AvgIpc) is 2.25. The van der Waals surface area contributed by atoms with Crippen molar-refractivity contribution in [1.29, 1.82) is 0 Å². The fraction of sp³-hybridized carbons (Fsp3) is 0.385. The second kappa shape index (κ2) is 5.53. The van der Waals surface area contributed by atoms with E-state index in [0.717, 1.165) is 0 Å². The van der Waals surface area contributed by atoms with E-state index in [0.29, 0.717) is 5.75 Å². The molecule has 0 radical (unpaired) electrons. The van der Waals surface area contributed by atoms with Crippen molar-refractivity contribution in [3.8, 4) is 5.75 Å². The number of ether oxygens (including phenoxy) is 1. The van der Waals surface area contributed by atoms with Crippen LogP contribution in [0.1, 0.15) is 26.3 Å². The van der Waals surface area contributed by atoms with E-state index in [1.165, 1.54) is 5.56 Å². The molecule has 0 atom stereocenters. The van der Waals surface area contributed by atoms with Crippen molar-refractivity contribution in [3.05, 3.63) is 29.8 Å². The summed E-state index contributed by atoms with van der Waals surface area (Å²) in [5.41, 5.74) is 6.05. The van der Waals surface area contributed by atoms with Crippen LogP contribution in [-0.2, 0) is 10.2 Å². The molecular weight excluding hydrogens is 232 g/mol. The minimum absolute atomic E-state index is 0.0713. The normalized spacial score (nSPS) is 10.8. The van der Waals surface area contributed by atoms with Crippen LogP contribution in [0, 0.1) is 0 Å². The fourth-order valence-electron chi connectivity index (χ4n) is 1.37. The lowest BCUT2D eigenvalue weighted by Crippen LogP contribution is -2.38. The van der Waals surface area contributed by atoms with Crippen LogP contribution in [0.3, 0.4) is 0 Å². The number of hydrogen-bond acceptors (Lipinski definition) is 3. The molecule has 1 aromatic carbocycles. The molecule has 5 nitrogen and oxygen atoms in total. The predicted molar refractivity (Wildman–Crippen MR) is 68.4 cm³/mol. The molecule has 0 bridgehead atoms. The minimum atomic E-state index is -0.883. The molecule has 1 rings (SSSR count). The zero-order valence-electron chi connectivity index (χ0n) is 10.8. The Labute approximate surface area is 106 Å². The zero-order chi connectivity index (χ0) is 13.8. The van der Waals surface area contributed by atoms with Gasteiger partial charge < -0.3 is 10.5 Å². The summed E-state index contributed by atoms with van der Waals surface area (Å²) in [7, 11) is 0. The molecule has 18 heavy (non-hydrogen) atoms. The van der Waals surface area contributed by atoms with Crippen LogP contribution in [0.2, 0.25) is 0 Å². The smallest absolute Gasteiger partial charge is 0.318 e. The lowest BCUT2D eigenvalue weighted by Gasteiger charge is -2.19. The second-order valence-corrected chi connectivity index (χ2v) is 4.98. The molecule has 0 unspecified atom stereocenters. The summed E-state index contributed by atoms with van der Waals surface area (Å²) >= 11 is 0. The molecule has 0 aliphatic rings. The summed E-state index contributed by atoms with van der Waals surface area (Å²) in [5, 5.41) is 1.92. The highest BCUT2D eigenvalue weighted by Crippen LogP contribution is 2.24. The molecule has 0 aliphatic carbocycles. The molecule has 0 aromatic heterocycles. The number of amides is 3. The van der Waals surface area contributed by atoms with Crippen LogP contribution in [0.5, 0.6) is 5.75 Å². The van der Waals surface area contributed by atoms with Crippen LogP contribution in [0.25, 0.3) is 0 Å². The van der Waals surface area contributed by atoms with E-state index < -0.39 is 11.9 Å². The van der Waals surface area contributed by atoms with Crippen molar-refractivity contribution in [3.63, 3.8) is 0 Å². The third-order valence-electron chi connectivity index (χ3n) is 2.35. The fourth-order valence-corrected chi connectivity index (χ4v) is 1.37. The molecule has 0 saturated heterocycles. The van der Waals surface area contributed by atoms with Crippen LogP contribution in [0.15, 0.2) is 24.3 Å². The number of carbonyl (C=O) groups excluding carboxylic acids is 2. The highest BCUT2D eigenvalue weighted by Gasteiger charge is 2.13. The maximum atomic E-state index is 11.1. The van der Waals surface area contributed by atoms with Gasteiger partial charge in [0.1, 0.15) is 5.75 Å². The van der Waals surface area contributed by atoms with Gasteiger partial charge in [0.2, 0.25) is 0 Å². The largest absolute Gasteiger partial charge is 0.484 e. The number of nitrogens with two attached hydrogens (primary N) is 1. The molecule has 3 N–H and O–H groups in total. The lowest BCUT2D eigenvalue weighted by molar-refractivity contribution is -0.121. The van der Waals surface area contributed by atoms with E-state index in [1.807, 2.05) is 17.4 Å². The first-order valence-corrected chi connectivity index (χ1v) is 5.61. The predicted octanol–water partition coefficient (Wildman–Crippen LogP) is 1.56. The van der Waals surface area contributed by atoms with E-state index in [9.17, 15) is 9.59 Å². The SMILES string of the molecule is CC(C)(C)c1ccc(OCC(=O)NC(N)=O)cc1. The molecular formula is C13H18N2O3. The number of primary amides is 1. The van der Waals surface area contributed by atoms with Crippen LogP contribution < -0.4 is 15.8 Å². The van der Waals surface area contributed by atoms with Gasteiger partial charge >= 0.3 is 6.03 Å². The van der Waals surface area contributed by atoms with Crippen LogP contribution in [0.4, 0.5) is 4.79 Å². The Bertz CT molecular complexity index is 433. The highest BCUT2D eigenvalue weighted by atomic mass is 16.5. The number of imide groups is 1. The zero-order valence-corrected chi connectivity index (χ0v) is 10.8. The second-order valence-electron chi connectivity index (χ2n) is 4.98. The minimum Gasteiger partial charge on any atom is -0.484 e. The van der Waals surface area contributed by atoms with Gasteiger partial charge in [-0.15, -0.1) is 0 Å². The van der Waals surface area contributed by atoms with Gasteiger partial charge in [0.05, 0.1) is 0 Å². The van der Waals surface area contributed by atoms with Crippen molar-refractivity contribution in [2.75, 3.05) is 6.61 Å². The van der Waals surface area contributed by atoms with Gasteiger partial charge in [-0.2, -0.15) is 0 Å². The van der Waals surface area contributed by atoms with Crippen LogP contribution in [-0.4, -0.2) is 18.5 Å². The third-order valence-corrected chi connectivity index (χ3v) is 2.35. The maximum absolute atomic E-state index is 11.1. The number of benzene rings is 1. The Hall–Kier alpha value is -2.04. The summed E-state index contributed by atoms with van der Waals surface area (Å²) in [6.07, 6.45) is 0. The molecule has 0 aliphatic heterocycles. The van der Waals surface area contributed by atoms with E-state index in [1.54, 1.807) is 12.1 Å². The van der Waals surface area contributed by atoms with Crippen molar-refractivity contribution in [2.45, 2.75) is 26.2 Å². The summed E-state index contributed by atoms with van der Waals surface area (Å²) in [6.45, 7) is 6.10.